The Kier molecular flexibility index (Phi) is 3.41. The molecule has 1 fully saturated rings. The molecular weight excluding hydrogens is 208 g/mol. The Morgan fingerprint density at radius 3 is 2.56 bits per heavy atom. The van der Waals surface area contributed by atoms with Gasteiger partial charge < -0.3 is 14.6 Å². The predicted molar refractivity (Wildman–Crippen MR) is 57.6 cm³/mol. The van der Waals surface area contributed by atoms with Crippen molar-refractivity contribution in [2.75, 3.05) is 19.8 Å². The van der Waals surface area contributed by atoms with Crippen molar-refractivity contribution in [2.45, 2.75) is 6.42 Å². The van der Waals surface area contributed by atoms with Crippen LogP contribution in [0, 0.1) is 5.92 Å². The minimum Gasteiger partial charge on any atom is -0.493 e. The summed E-state index contributed by atoms with van der Waals surface area (Å²) in [5.41, 5.74) is 0.784. The molecule has 1 N–H and O–H groups in total. The summed E-state index contributed by atoms with van der Waals surface area (Å²) >= 11 is 0. The zero-order chi connectivity index (χ0) is 11.4. The van der Waals surface area contributed by atoms with E-state index in [4.69, 9.17) is 14.6 Å². The third-order valence-corrected chi connectivity index (χ3v) is 2.47. The van der Waals surface area contributed by atoms with Crippen molar-refractivity contribution in [3.05, 3.63) is 29.8 Å². The molecular formula is C12H14O4. The van der Waals surface area contributed by atoms with Gasteiger partial charge in [0.1, 0.15) is 5.75 Å². The van der Waals surface area contributed by atoms with Crippen LogP contribution in [0.2, 0.25) is 0 Å². The lowest BCUT2D eigenvalue weighted by Crippen LogP contribution is -2.32. The minimum absolute atomic E-state index is 0.0523. The van der Waals surface area contributed by atoms with Crippen LogP contribution in [0.5, 0.6) is 5.75 Å². The van der Waals surface area contributed by atoms with Crippen molar-refractivity contribution in [3.63, 3.8) is 0 Å². The van der Waals surface area contributed by atoms with Gasteiger partial charge in [-0.1, -0.05) is 12.1 Å². The lowest BCUT2D eigenvalue weighted by Gasteiger charge is -2.25. The van der Waals surface area contributed by atoms with Crippen LogP contribution in [0.4, 0.5) is 0 Å². The topological polar surface area (TPSA) is 55.8 Å². The number of hydrogen-bond donors (Lipinski definition) is 1. The molecule has 2 rings (SSSR count). The van der Waals surface area contributed by atoms with Gasteiger partial charge in [0.25, 0.3) is 0 Å². The third-order valence-electron chi connectivity index (χ3n) is 2.47. The van der Waals surface area contributed by atoms with Crippen molar-refractivity contribution in [1.82, 2.24) is 0 Å². The smallest absolute Gasteiger partial charge is 0.307 e. The monoisotopic (exact) mass is 222 g/mol. The van der Waals surface area contributed by atoms with E-state index in [9.17, 15) is 4.79 Å². The molecule has 0 atom stereocenters. The third kappa shape index (κ3) is 2.97. The Bertz CT molecular complexity index is 354. The Morgan fingerprint density at radius 2 is 2.06 bits per heavy atom. The number of aliphatic carboxylic acids is 1. The summed E-state index contributed by atoms with van der Waals surface area (Å²) in [5.74, 6) is 0.458. The van der Waals surface area contributed by atoms with E-state index in [-0.39, 0.29) is 6.42 Å². The van der Waals surface area contributed by atoms with Gasteiger partial charge in [0.05, 0.1) is 26.2 Å². The molecule has 0 spiro atoms. The molecule has 1 heterocycles. The van der Waals surface area contributed by atoms with Crippen LogP contribution in [-0.4, -0.2) is 30.9 Å². The second kappa shape index (κ2) is 4.99. The molecule has 1 aromatic carbocycles. The highest BCUT2D eigenvalue weighted by atomic mass is 16.5. The van der Waals surface area contributed by atoms with Crippen LogP contribution in [0.25, 0.3) is 0 Å². The number of benzene rings is 1. The molecule has 1 aromatic rings. The largest absolute Gasteiger partial charge is 0.493 e. The molecule has 1 saturated heterocycles. The van der Waals surface area contributed by atoms with Crippen LogP contribution >= 0.6 is 0 Å². The van der Waals surface area contributed by atoms with Gasteiger partial charge in [-0.15, -0.1) is 0 Å². The summed E-state index contributed by atoms with van der Waals surface area (Å²) in [6.07, 6.45) is 0.0523. The quantitative estimate of drug-likeness (QED) is 0.816. The van der Waals surface area contributed by atoms with Crippen molar-refractivity contribution < 1.29 is 19.4 Å². The Hall–Kier alpha value is -1.55. The van der Waals surface area contributed by atoms with E-state index in [1.165, 1.54) is 0 Å². The van der Waals surface area contributed by atoms with E-state index in [1.54, 1.807) is 24.3 Å². The van der Waals surface area contributed by atoms with Gasteiger partial charge in [0.2, 0.25) is 0 Å². The number of carboxylic acids is 1. The summed E-state index contributed by atoms with van der Waals surface area (Å²) in [6.45, 7) is 2.21. The molecule has 0 aromatic heterocycles. The molecule has 0 unspecified atom stereocenters. The summed E-state index contributed by atoms with van der Waals surface area (Å²) < 4.78 is 10.6. The maximum Gasteiger partial charge on any atom is 0.307 e. The Morgan fingerprint density at radius 1 is 1.38 bits per heavy atom. The van der Waals surface area contributed by atoms with Crippen LogP contribution in [0.15, 0.2) is 24.3 Å². The van der Waals surface area contributed by atoms with E-state index >= 15 is 0 Å². The van der Waals surface area contributed by atoms with Gasteiger partial charge in [-0.3, -0.25) is 4.79 Å². The average molecular weight is 222 g/mol. The second-order valence-electron chi connectivity index (χ2n) is 3.93. The first-order valence-electron chi connectivity index (χ1n) is 5.25. The molecule has 86 valence electrons. The minimum atomic E-state index is -0.819. The molecule has 4 nitrogen and oxygen atoms in total. The van der Waals surface area contributed by atoms with Crippen molar-refractivity contribution in [3.8, 4) is 5.75 Å². The molecule has 0 radical (unpaired) electrons. The van der Waals surface area contributed by atoms with Crippen LogP contribution in [-0.2, 0) is 16.0 Å². The maximum absolute atomic E-state index is 10.5. The molecule has 0 saturated carbocycles. The number of ether oxygens (including phenoxy) is 2. The van der Waals surface area contributed by atoms with Gasteiger partial charge in [-0.25, -0.2) is 0 Å². The fourth-order valence-electron chi connectivity index (χ4n) is 1.47. The van der Waals surface area contributed by atoms with Gasteiger partial charge in [0.15, 0.2) is 0 Å². The second-order valence-corrected chi connectivity index (χ2v) is 3.93. The van der Waals surface area contributed by atoms with E-state index in [1.807, 2.05) is 0 Å². The molecule has 1 aliphatic rings. The lowest BCUT2D eigenvalue weighted by atomic mass is 10.1. The number of rotatable bonds is 5. The highest BCUT2D eigenvalue weighted by Crippen LogP contribution is 2.16. The Balaban J connectivity index is 1.83. The van der Waals surface area contributed by atoms with Crippen LogP contribution in [0.1, 0.15) is 5.56 Å². The first-order valence-corrected chi connectivity index (χ1v) is 5.25. The fourth-order valence-corrected chi connectivity index (χ4v) is 1.47. The number of carboxylic acid groups (broad SMARTS) is 1. The van der Waals surface area contributed by atoms with E-state index < -0.39 is 5.97 Å². The zero-order valence-electron chi connectivity index (χ0n) is 8.89. The van der Waals surface area contributed by atoms with Crippen LogP contribution < -0.4 is 4.74 Å². The molecule has 4 heteroatoms. The molecule has 0 amide bonds. The first-order chi connectivity index (χ1) is 7.74. The van der Waals surface area contributed by atoms with Crippen molar-refractivity contribution >= 4 is 5.97 Å². The number of carbonyl (C=O) groups is 1. The average Bonchev–Trinajstić information content (AvgIpc) is 2.17. The summed E-state index contributed by atoms with van der Waals surface area (Å²) in [4.78, 5) is 10.5. The van der Waals surface area contributed by atoms with Crippen LogP contribution in [0.3, 0.4) is 0 Å². The Labute approximate surface area is 93.8 Å². The predicted octanol–water partition coefficient (Wildman–Crippen LogP) is 1.34. The normalized spacial score (nSPS) is 15.5. The first kappa shape index (κ1) is 11.0. The number of hydrogen-bond acceptors (Lipinski definition) is 3. The lowest BCUT2D eigenvalue weighted by molar-refractivity contribution is -0.136. The van der Waals surface area contributed by atoms with Crippen molar-refractivity contribution in [1.29, 1.82) is 0 Å². The SMILES string of the molecule is O=C(O)Cc1ccc(OCC2COC2)cc1. The van der Waals surface area contributed by atoms with E-state index in [0.717, 1.165) is 24.5 Å². The summed E-state index contributed by atoms with van der Waals surface area (Å²) in [5, 5.41) is 8.61. The zero-order valence-corrected chi connectivity index (χ0v) is 8.89. The van der Waals surface area contributed by atoms with Gasteiger partial charge in [-0.2, -0.15) is 0 Å². The van der Waals surface area contributed by atoms with Gasteiger partial charge in [0, 0.05) is 5.92 Å². The van der Waals surface area contributed by atoms with E-state index in [0.29, 0.717) is 12.5 Å². The fraction of sp³-hybridized carbons (Fsp3) is 0.417. The molecule has 0 aliphatic carbocycles. The summed E-state index contributed by atoms with van der Waals surface area (Å²) in [6, 6.07) is 7.16. The molecule has 1 aliphatic heterocycles. The molecule has 16 heavy (non-hydrogen) atoms. The van der Waals surface area contributed by atoms with Gasteiger partial charge >= 0.3 is 5.97 Å². The van der Waals surface area contributed by atoms with E-state index in [2.05, 4.69) is 0 Å². The van der Waals surface area contributed by atoms with Gasteiger partial charge in [-0.05, 0) is 17.7 Å². The molecule has 0 bridgehead atoms. The maximum atomic E-state index is 10.5. The highest BCUT2D eigenvalue weighted by Gasteiger charge is 2.18. The summed E-state index contributed by atoms with van der Waals surface area (Å²) in [7, 11) is 0. The van der Waals surface area contributed by atoms with Crippen molar-refractivity contribution in [2.24, 2.45) is 5.92 Å². The highest BCUT2D eigenvalue weighted by molar-refractivity contribution is 5.70. The standard InChI is InChI=1S/C12H14O4/c13-12(14)5-9-1-3-11(4-2-9)16-8-10-6-15-7-10/h1-4,10H,5-8H2,(H,13,14).